The summed E-state index contributed by atoms with van der Waals surface area (Å²) >= 11 is 14.2. The van der Waals surface area contributed by atoms with Gasteiger partial charge in [0.1, 0.15) is 0 Å². The molecule has 0 aliphatic heterocycles. The summed E-state index contributed by atoms with van der Waals surface area (Å²) in [6.45, 7) is 0. The predicted molar refractivity (Wildman–Crippen MR) is 42.3 cm³/mol. The van der Waals surface area contributed by atoms with Crippen molar-refractivity contribution in [2.24, 2.45) is 0 Å². The van der Waals surface area contributed by atoms with Crippen LogP contribution in [0.5, 0.6) is 0 Å². The number of rotatable bonds is 1. The molecule has 0 aromatic rings. The first-order chi connectivity index (χ1) is 6.76. The minimum Gasteiger partial charge on any atom is -0.440 e. The van der Waals surface area contributed by atoms with Gasteiger partial charge in [0, 0.05) is 0 Å². The third-order valence-electron chi connectivity index (χ3n) is 1.05. The van der Waals surface area contributed by atoms with Crippen LogP contribution in [0.25, 0.3) is 0 Å². The Hall–Kier alpha value is -0.0800. The van der Waals surface area contributed by atoms with Crippen LogP contribution in [-0.2, 0) is 9.53 Å². The molecule has 0 aliphatic carbocycles. The van der Waals surface area contributed by atoms with Gasteiger partial charge in [0.25, 0.3) is 9.90 Å². The topological polar surface area (TPSA) is 26.3 Å². The van der Waals surface area contributed by atoms with Crippen LogP contribution >= 0.6 is 34.8 Å². The van der Waals surface area contributed by atoms with Crippen LogP contribution in [0.15, 0.2) is 0 Å². The van der Waals surface area contributed by atoms with Gasteiger partial charge in [-0.2, -0.15) is 26.3 Å². The maximum Gasteiger partial charge on any atom is 0.434 e. The van der Waals surface area contributed by atoms with Gasteiger partial charge in [-0.15, -0.1) is 0 Å². The van der Waals surface area contributed by atoms with Crippen molar-refractivity contribution in [1.29, 1.82) is 0 Å². The maximum absolute atomic E-state index is 11.8. The quantitative estimate of drug-likeness (QED) is 0.421. The van der Waals surface area contributed by atoms with Crippen LogP contribution in [0.1, 0.15) is 0 Å². The van der Waals surface area contributed by atoms with Gasteiger partial charge >= 0.3 is 18.3 Å². The first-order valence-corrected chi connectivity index (χ1v) is 4.31. The number of carbonyl (C=O) groups is 1. The fourth-order valence-electron chi connectivity index (χ4n) is 0.493. The molecule has 0 N–H and O–H groups in total. The number of halogens is 9. The highest BCUT2D eigenvalue weighted by atomic mass is 35.6. The lowest BCUT2D eigenvalue weighted by Gasteiger charge is -2.24. The number of hydrogen-bond acceptors (Lipinski definition) is 2. The fraction of sp³-hybridized carbons (Fsp3) is 0.800. The van der Waals surface area contributed by atoms with Crippen LogP contribution in [0.3, 0.4) is 0 Å². The summed E-state index contributed by atoms with van der Waals surface area (Å²) < 4.78 is 71.1. The number of ether oxygens (including phenoxy) is 1. The molecule has 0 amide bonds. The molecule has 11 heteroatoms. The Morgan fingerprint density at radius 3 is 1.44 bits per heavy atom. The highest BCUT2D eigenvalue weighted by Crippen LogP contribution is 2.38. The molecule has 0 fully saturated rings. The van der Waals surface area contributed by atoms with E-state index in [2.05, 4.69) is 4.74 Å². The molecular formula is C5HCl3F6O2. The van der Waals surface area contributed by atoms with E-state index >= 15 is 0 Å². The van der Waals surface area contributed by atoms with Crippen molar-refractivity contribution in [2.45, 2.75) is 22.2 Å². The van der Waals surface area contributed by atoms with Crippen molar-refractivity contribution in [2.75, 3.05) is 0 Å². The van der Waals surface area contributed by atoms with Crippen LogP contribution in [0.4, 0.5) is 26.3 Å². The molecule has 0 saturated heterocycles. The second-order valence-electron chi connectivity index (χ2n) is 2.37. The summed E-state index contributed by atoms with van der Waals surface area (Å²) in [7, 11) is 0. The average Bonchev–Trinajstić information content (AvgIpc) is 1.92. The molecule has 0 saturated carbocycles. The van der Waals surface area contributed by atoms with Gasteiger partial charge in [0.15, 0.2) is 0 Å². The Morgan fingerprint density at radius 2 is 1.25 bits per heavy atom. The minimum atomic E-state index is -5.84. The van der Waals surface area contributed by atoms with Crippen molar-refractivity contribution in [3.63, 3.8) is 0 Å². The zero-order valence-corrected chi connectivity index (χ0v) is 9.06. The molecule has 96 valence electrons. The monoisotopic (exact) mass is 312 g/mol. The molecule has 0 heterocycles. The highest BCUT2D eigenvalue weighted by molar-refractivity contribution is 6.75. The van der Waals surface area contributed by atoms with E-state index in [4.69, 9.17) is 34.8 Å². The molecule has 0 spiro atoms. The highest BCUT2D eigenvalue weighted by Gasteiger charge is 2.60. The number of hydrogen-bond donors (Lipinski definition) is 0. The van der Waals surface area contributed by atoms with Crippen molar-refractivity contribution < 1.29 is 35.9 Å². The van der Waals surface area contributed by atoms with Crippen molar-refractivity contribution in [3.8, 4) is 0 Å². The van der Waals surface area contributed by atoms with Gasteiger partial charge in [-0.1, -0.05) is 34.8 Å². The largest absolute Gasteiger partial charge is 0.440 e. The molecule has 0 rings (SSSR count). The SMILES string of the molecule is O=C(OC(C(F)(F)F)C(F)(F)F)C(Cl)(Cl)Cl. The van der Waals surface area contributed by atoms with E-state index in [0.29, 0.717) is 0 Å². The Bertz CT molecular complexity index is 253. The van der Waals surface area contributed by atoms with Gasteiger partial charge in [0.05, 0.1) is 0 Å². The predicted octanol–water partition coefficient (Wildman–Crippen LogP) is 3.39. The van der Waals surface area contributed by atoms with Gasteiger partial charge in [-0.05, 0) is 0 Å². The molecule has 0 atom stereocenters. The summed E-state index contributed by atoms with van der Waals surface area (Å²) in [5.74, 6) is -2.27. The van der Waals surface area contributed by atoms with Gasteiger partial charge in [0.2, 0.25) is 0 Å². The van der Waals surface area contributed by atoms with Crippen molar-refractivity contribution in [3.05, 3.63) is 0 Å². The van der Waals surface area contributed by atoms with E-state index in [-0.39, 0.29) is 0 Å². The molecule has 16 heavy (non-hydrogen) atoms. The Balaban J connectivity index is 4.93. The number of esters is 1. The lowest BCUT2D eigenvalue weighted by molar-refractivity contribution is -0.313. The minimum absolute atomic E-state index is 2.27. The van der Waals surface area contributed by atoms with Gasteiger partial charge < -0.3 is 4.74 Å². The van der Waals surface area contributed by atoms with Crippen LogP contribution in [-0.4, -0.2) is 28.2 Å². The van der Waals surface area contributed by atoms with Crippen molar-refractivity contribution in [1.82, 2.24) is 0 Å². The lowest BCUT2D eigenvalue weighted by Crippen LogP contribution is -2.47. The molecule has 2 nitrogen and oxygen atoms in total. The molecule has 0 aliphatic rings. The smallest absolute Gasteiger partial charge is 0.434 e. The van der Waals surface area contributed by atoms with Crippen molar-refractivity contribution >= 4 is 40.8 Å². The van der Waals surface area contributed by atoms with E-state index in [9.17, 15) is 31.1 Å². The fourth-order valence-corrected chi connectivity index (χ4v) is 0.627. The Morgan fingerprint density at radius 1 is 0.938 bits per heavy atom. The molecule has 0 aromatic carbocycles. The normalized spacial score (nSPS) is 14.1. The zero-order valence-electron chi connectivity index (χ0n) is 6.80. The zero-order chi connectivity index (χ0) is 13.4. The molecule has 0 radical (unpaired) electrons. The third-order valence-corrected chi connectivity index (χ3v) is 1.51. The molecular weight excluding hydrogens is 312 g/mol. The Labute approximate surface area is 99.4 Å². The second kappa shape index (κ2) is 4.66. The second-order valence-corrected chi connectivity index (χ2v) is 4.65. The first kappa shape index (κ1) is 15.9. The average molecular weight is 313 g/mol. The van der Waals surface area contributed by atoms with Gasteiger partial charge in [-0.25, -0.2) is 4.79 Å². The summed E-state index contributed by atoms with van der Waals surface area (Å²) in [6.07, 6.45) is -16.0. The van der Waals surface area contributed by atoms with E-state index in [0.717, 1.165) is 0 Å². The third kappa shape index (κ3) is 4.84. The summed E-state index contributed by atoms with van der Waals surface area (Å²) in [5, 5.41) is 0. The summed E-state index contributed by atoms with van der Waals surface area (Å²) in [5.41, 5.74) is 0. The summed E-state index contributed by atoms with van der Waals surface area (Å²) in [4.78, 5) is 10.6. The number of carbonyl (C=O) groups excluding carboxylic acids is 1. The van der Waals surface area contributed by atoms with E-state index in [1.165, 1.54) is 0 Å². The molecule has 0 unspecified atom stereocenters. The Kier molecular flexibility index (Phi) is 4.63. The first-order valence-electron chi connectivity index (χ1n) is 3.17. The number of alkyl halides is 9. The van der Waals surface area contributed by atoms with Crippen LogP contribution < -0.4 is 0 Å². The lowest BCUT2D eigenvalue weighted by atomic mass is 10.3. The van der Waals surface area contributed by atoms with Crippen LogP contribution in [0, 0.1) is 0 Å². The van der Waals surface area contributed by atoms with E-state index in [1.54, 1.807) is 0 Å². The van der Waals surface area contributed by atoms with E-state index < -0.39 is 28.2 Å². The summed E-state index contributed by atoms with van der Waals surface area (Å²) in [6, 6.07) is 0. The van der Waals surface area contributed by atoms with Crippen LogP contribution in [0.2, 0.25) is 0 Å². The van der Waals surface area contributed by atoms with Gasteiger partial charge in [-0.3, -0.25) is 0 Å². The molecule has 0 bridgehead atoms. The molecule has 0 aromatic heterocycles. The maximum atomic E-state index is 11.8. The van der Waals surface area contributed by atoms with E-state index in [1.807, 2.05) is 0 Å². The standard InChI is InChI=1S/C5HCl3F6O2/c6-3(7,8)2(15)16-1(4(9,10)11)5(12,13)14/h1H.